The molecule has 2 heteroatoms. The van der Waals surface area contributed by atoms with Gasteiger partial charge in [0.15, 0.2) is 0 Å². The lowest BCUT2D eigenvalue weighted by atomic mass is 10.1. The number of methoxy groups -OCH3 is 1. The van der Waals surface area contributed by atoms with Crippen LogP contribution in [0, 0.1) is 6.07 Å². The van der Waals surface area contributed by atoms with Crippen molar-refractivity contribution in [2.24, 2.45) is 0 Å². The molecular weight excluding hydrogens is 264 g/mol. The average molecular weight is 276 g/mol. The molecule has 1 radical (unpaired) electrons. The second-order valence-electron chi connectivity index (χ2n) is 3.57. The third-order valence-electron chi connectivity index (χ3n) is 2.37. The van der Waals surface area contributed by atoms with Gasteiger partial charge in [-0.1, -0.05) is 40.2 Å². The highest BCUT2D eigenvalue weighted by molar-refractivity contribution is 9.10. The molecule has 1 nitrogen and oxygen atoms in total. The van der Waals surface area contributed by atoms with Gasteiger partial charge in [0.1, 0.15) is 5.75 Å². The second kappa shape index (κ2) is 5.17. The van der Waals surface area contributed by atoms with E-state index in [1.807, 2.05) is 18.2 Å². The van der Waals surface area contributed by atoms with Crippen LogP contribution >= 0.6 is 15.9 Å². The Kier molecular flexibility index (Phi) is 3.62. The first kappa shape index (κ1) is 11.2. The fraction of sp³-hybridized carbons (Fsp3) is 0.143. The van der Waals surface area contributed by atoms with Gasteiger partial charge in [-0.15, -0.1) is 0 Å². The molecule has 0 amide bonds. The van der Waals surface area contributed by atoms with Crippen molar-refractivity contribution in [3.8, 4) is 5.75 Å². The Morgan fingerprint density at radius 2 is 2.00 bits per heavy atom. The van der Waals surface area contributed by atoms with Gasteiger partial charge in [-0.2, -0.15) is 0 Å². The highest BCUT2D eigenvalue weighted by atomic mass is 79.9. The lowest BCUT2D eigenvalue weighted by Crippen LogP contribution is -1.89. The van der Waals surface area contributed by atoms with Gasteiger partial charge in [-0.3, -0.25) is 0 Å². The maximum atomic E-state index is 5.20. The Morgan fingerprint density at radius 3 is 2.75 bits per heavy atom. The first-order chi connectivity index (χ1) is 7.78. The van der Waals surface area contributed by atoms with E-state index in [1.54, 1.807) is 7.11 Å². The molecule has 0 fully saturated rings. The Hall–Kier alpha value is -1.28. The molecule has 0 saturated carbocycles. The van der Waals surface area contributed by atoms with Crippen molar-refractivity contribution in [2.75, 3.05) is 7.11 Å². The summed E-state index contributed by atoms with van der Waals surface area (Å²) in [5, 5.41) is 0. The van der Waals surface area contributed by atoms with Gasteiger partial charge < -0.3 is 4.74 Å². The normalized spacial score (nSPS) is 10.1. The molecule has 81 valence electrons. The first-order valence-corrected chi connectivity index (χ1v) is 5.86. The van der Waals surface area contributed by atoms with E-state index in [9.17, 15) is 0 Å². The summed E-state index contributed by atoms with van der Waals surface area (Å²) < 4.78 is 6.19. The first-order valence-electron chi connectivity index (χ1n) is 5.07. The minimum atomic E-state index is 0.902. The minimum Gasteiger partial charge on any atom is -0.497 e. The third-order valence-corrected chi connectivity index (χ3v) is 2.83. The van der Waals surface area contributed by atoms with E-state index in [1.165, 1.54) is 11.1 Å². The van der Waals surface area contributed by atoms with Crippen LogP contribution in [0.15, 0.2) is 46.9 Å². The van der Waals surface area contributed by atoms with Crippen molar-refractivity contribution in [1.82, 2.24) is 0 Å². The molecule has 0 saturated heterocycles. The van der Waals surface area contributed by atoms with Gasteiger partial charge in [0, 0.05) is 4.47 Å². The minimum absolute atomic E-state index is 0.902. The largest absolute Gasteiger partial charge is 0.497 e. The monoisotopic (exact) mass is 275 g/mol. The molecular formula is C14H12BrO. The Balaban J connectivity index is 2.20. The maximum absolute atomic E-state index is 5.20. The molecule has 16 heavy (non-hydrogen) atoms. The smallest absolute Gasteiger partial charge is 0.119 e. The Labute approximate surface area is 104 Å². The van der Waals surface area contributed by atoms with E-state index < -0.39 is 0 Å². The zero-order chi connectivity index (χ0) is 11.4. The van der Waals surface area contributed by atoms with Crippen molar-refractivity contribution in [3.63, 3.8) is 0 Å². The molecule has 0 unspecified atom stereocenters. The predicted octanol–water partition coefficient (Wildman–Crippen LogP) is 3.85. The summed E-state index contributed by atoms with van der Waals surface area (Å²) in [5.41, 5.74) is 2.51. The van der Waals surface area contributed by atoms with Gasteiger partial charge >= 0.3 is 0 Å². The molecule has 2 aromatic carbocycles. The van der Waals surface area contributed by atoms with E-state index in [4.69, 9.17) is 4.74 Å². The van der Waals surface area contributed by atoms with Crippen LogP contribution in [0.4, 0.5) is 0 Å². The van der Waals surface area contributed by atoms with Gasteiger partial charge in [0.2, 0.25) is 0 Å². The summed E-state index contributed by atoms with van der Waals surface area (Å²) in [7, 11) is 1.69. The Bertz CT molecular complexity index is 480. The fourth-order valence-electron chi connectivity index (χ4n) is 1.61. The molecule has 0 heterocycles. The van der Waals surface area contributed by atoms with E-state index >= 15 is 0 Å². The third kappa shape index (κ3) is 2.86. The van der Waals surface area contributed by atoms with Gasteiger partial charge in [0.25, 0.3) is 0 Å². The zero-order valence-electron chi connectivity index (χ0n) is 9.03. The summed E-state index contributed by atoms with van der Waals surface area (Å²) in [6, 6.07) is 17.3. The molecule has 0 aromatic heterocycles. The van der Waals surface area contributed by atoms with E-state index in [-0.39, 0.29) is 0 Å². The van der Waals surface area contributed by atoms with Crippen LogP contribution in [0.25, 0.3) is 0 Å². The molecule has 0 aliphatic rings. The summed E-state index contributed by atoms with van der Waals surface area (Å²) in [4.78, 5) is 0. The molecule has 0 aliphatic carbocycles. The van der Waals surface area contributed by atoms with E-state index in [0.29, 0.717) is 0 Å². The summed E-state index contributed by atoms with van der Waals surface area (Å²) in [6.07, 6.45) is 0.907. The quantitative estimate of drug-likeness (QED) is 0.827. The summed E-state index contributed by atoms with van der Waals surface area (Å²) in [5.74, 6) is 0.902. The fourth-order valence-corrected chi connectivity index (χ4v) is 2.04. The lowest BCUT2D eigenvalue weighted by Gasteiger charge is -2.05. The summed E-state index contributed by atoms with van der Waals surface area (Å²) >= 11 is 3.42. The van der Waals surface area contributed by atoms with Crippen molar-refractivity contribution in [3.05, 3.63) is 64.1 Å². The molecule has 0 N–H and O–H groups in total. The van der Waals surface area contributed by atoms with E-state index in [2.05, 4.69) is 46.3 Å². The number of hydrogen-bond acceptors (Lipinski definition) is 1. The standard InChI is InChI=1S/C14H12BrO/c1-16-14-7-3-5-12(10-14)8-11-4-2-6-13(15)9-11/h2-5,7,9-10H,8H2,1H3. The molecule has 2 rings (SSSR count). The predicted molar refractivity (Wildman–Crippen MR) is 68.8 cm³/mol. The zero-order valence-corrected chi connectivity index (χ0v) is 10.6. The van der Waals surface area contributed by atoms with Gasteiger partial charge in [-0.25, -0.2) is 0 Å². The number of halogens is 1. The van der Waals surface area contributed by atoms with Crippen LogP contribution in [0.3, 0.4) is 0 Å². The average Bonchev–Trinajstić information content (AvgIpc) is 2.29. The van der Waals surface area contributed by atoms with Gasteiger partial charge in [-0.05, 0) is 41.8 Å². The van der Waals surface area contributed by atoms with Crippen LogP contribution in [-0.2, 0) is 6.42 Å². The molecule has 0 atom stereocenters. The highest BCUT2D eigenvalue weighted by Crippen LogP contribution is 2.18. The van der Waals surface area contributed by atoms with Crippen LogP contribution in [-0.4, -0.2) is 7.11 Å². The topological polar surface area (TPSA) is 9.23 Å². The van der Waals surface area contributed by atoms with Crippen LogP contribution in [0.5, 0.6) is 5.75 Å². The number of benzene rings is 2. The number of rotatable bonds is 3. The molecule has 2 aromatic rings. The van der Waals surface area contributed by atoms with E-state index in [0.717, 1.165) is 16.6 Å². The van der Waals surface area contributed by atoms with Crippen molar-refractivity contribution in [2.45, 2.75) is 6.42 Å². The Morgan fingerprint density at radius 1 is 1.19 bits per heavy atom. The van der Waals surface area contributed by atoms with Crippen molar-refractivity contribution >= 4 is 15.9 Å². The molecule has 0 aliphatic heterocycles. The number of ether oxygens (including phenoxy) is 1. The van der Waals surface area contributed by atoms with Crippen LogP contribution in [0.1, 0.15) is 11.1 Å². The molecule has 0 bridgehead atoms. The lowest BCUT2D eigenvalue weighted by molar-refractivity contribution is 0.414. The van der Waals surface area contributed by atoms with Gasteiger partial charge in [0.05, 0.1) is 7.11 Å². The maximum Gasteiger partial charge on any atom is 0.119 e. The second-order valence-corrected chi connectivity index (χ2v) is 4.43. The number of hydrogen-bond donors (Lipinski definition) is 0. The highest BCUT2D eigenvalue weighted by Gasteiger charge is 1.99. The summed E-state index contributed by atoms with van der Waals surface area (Å²) in [6.45, 7) is 0. The van der Waals surface area contributed by atoms with Crippen molar-refractivity contribution < 1.29 is 4.74 Å². The van der Waals surface area contributed by atoms with Crippen LogP contribution < -0.4 is 4.74 Å². The van der Waals surface area contributed by atoms with Crippen molar-refractivity contribution in [1.29, 1.82) is 0 Å². The SMILES string of the molecule is COc1cccc(Cc2cc[c]c(Br)c2)c1. The van der Waals surface area contributed by atoms with Crippen LogP contribution in [0.2, 0.25) is 0 Å². The molecule has 0 spiro atoms.